The van der Waals surface area contributed by atoms with Crippen LogP contribution in [-0.4, -0.2) is 46.1 Å². The fraction of sp³-hybridized carbons (Fsp3) is 0.588. The lowest BCUT2D eigenvalue weighted by atomic mass is 9.95. The van der Waals surface area contributed by atoms with E-state index in [-0.39, 0.29) is 23.1 Å². The fourth-order valence-electron chi connectivity index (χ4n) is 4.04. The van der Waals surface area contributed by atoms with Gasteiger partial charge in [-0.2, -0.15) is 0 Å². The highest BCUT2D eigenvalue weighted by Gasteiger charge is 2.32. The van der Waals surface area contributed by atoms with Crippen LogP contribution in [0.25, 0.3) is 15.9 Å². The van der Waals surface area contributed by atoms with Gasteiger partial charge in [0.05, 0.1) is 17.1 Å². The zero-order valence-electron chi connectivity index (χ0n) is 14.8. The van der Waals surface area contributed by atoms with Gasteiger partial charge in [-0.05, 0) is 12.8 Å². The number of fused-ring (bicyclic) bond motifs is 3. The summed E-state index contributed by atoms with van der Waals surface area (Å²) < 4.78 is 2.98. The van der Waals surface area contributed by atoms with Gasteiger partial charge in [-0.25, -0.2) is 4.98 Å². The predicted molar refractivity (Wildman–Crippen MR) is 99.5 cm³/mol. The van der Waals surface area contributed by atoms with Gasteiger partial charge in [-0.15, -0.1) is 11.3 Å². The van der Waals surface area contributed by atoms with Crippen molar-refractivity contribution in [2.45, 2.75) is 44.2 Å². The summed E-state index contributed by atoms with van der Waals surface area (Å²) in [5, 5.41) is 12.1. The van der Waals surface area contributed by atoms with E-state index in [9.17, 15) is 14.9 Å². The summed E-state index contributed by atoms with van der Waals surface area (Å²) >= 11 is 1.31. The Kier molecular flexibility index (Phi) is 4.26. The minimum atomic E-state index is -0.905. The largest absolute Gasteiger partial charge is 0.375 e. The minimum Gasteiger partial charge on any atom is -0.375 e. The first-order valence-electron chi connectivity index (χ1n) is 8.88. The molecule has 0 amide bonds. The topological polar surface area (TPSA) is 93.6 Å². The van der Waals surface area contributed by atoms with Gasteiger partial charge < -0.3 is 4.90 Å². The van der Waals surface area contributed by atoms with Crippen molar-refractivity contribution in [1.29, 1.82) is 0 Å². The van der Waals surface area contributed by atoms with E-state index in [4.69, 9.17) is 0 Å². The predicted octanol–water partition coefficient (Wildman–Crippen LogP) is 0.911. The Morgan fingerprint density at radius 3 is 2.69 bits per heavy atom. The second kappa shape index (κ2) is 6.46. The number of hydrogen-bond acceptors (Lipinski definition) is 7. The lowest BCUT2D eigenvalue weighted by molar-refractivity contribution is -0.505. The number of nitro groups is 1. The zero-order chi connectivity index (χ0) is 18.4. The molecule has 0 bridgehead atoms. The third kappa shape index (κ3) is 2.61. The molecule has 1 saturated carbocycles. The summed E-state index contributed by atoms with van der Waals surface area (Å²) in [5.74, 6) is 0. The summed E-state index contributed by atoms with van der Waals surface area (Å²) in [6.07, 6.45) is 7.11. The van der Waals surface area contributed by atoms with Crippen molar-refractivity contribution in [2.24, 2.45) is 4.99 Å². The molecular weight excluding hydrogens is 354 g/mol. The van der Waals surface area contributed by atoms with Gasteiger partial charge in [0.15, 0.2) is 0 Å². The van der Waals surface area contributed by atoms with Gasteiger partial charge in [-0.3, -0.25) is 24.5 Å². The first-order chi connectivity index (χ1) is 12.5. The van der Waals surface area contributed by atoms with Crippen molar-refractivity contribution >= 4 is 27.3 Å². The molecule has 2 aliphatic rings. The van der Waals surface area contributed by atoms with E-state index in [0.717, 1.165) is 25.7 Å². The van der Waals surface area contributed by atoms with Gasteiger partial charge in [-0.1, -0.05) is 19.3 Å². The van der Waals surface area contributed by atoms with Crippen molar-refractivity contribution in [3.05, 3.63) is 36.7 Å². The van der Waals surface area contributed by atoms with Gasteiger partial charge in [0.1, 0.15) is 21.6 Å². The van der Waals surface area contributed by atoms with E-state index < -0.39 is 6.04 Å². The van der Waals surface area contributed by atoms with Crippen LogP contribution >= 0.6 is 11.3 Å². The van der Waals surface area contributed by atoms with E-state index in [1.807, 2.05) is 0 Å². The lowest BCUT2D eigenvalue weighted by Gasteiger charge is -2.23. The Morgan fingerprint density at radius 1 is 1.31 bits per heavy atom. The van der Waals surface area contributed by atoms with E-state index in [1.165, 1.54) is 17.8 Å². The molecular formula is C17H21N5O3S. The standard InChI is InChI=1S/C17H21N5O3S/c1-20(2)14-11(22(24)25)8-18-16-12(14)13-15(26-16)17(23)21(9-19-13)10-6-4-3-5-7-10/h9-11H,3-8H2,1-2H3. The lowest BCUT2D eigenvalue weighted by Crippen LogP contribution is -2.43. The molecule has 2 aromatic rings. The average Bonchev–Trinajstić information content (AvgIpc) is 3.01. The maximum absolute atomic E-state index is 13.1. The Labute approximate surface area is 153 Å². The molecule has 3 heterocycles. The van der Waals surface area contributed by atoms with Gasteiger partial charge in [0.25, 0.3) is 11.6 Å². The maximum Gasteiger partial charge on any atom is 0.272 e. The number of nitrogens with zero attached hydrogens (tertiary/aromatic N) is 5. The number of hydrogen-bond donors (Lipinski definition) is 0. The normalized spacial score (nSPS) is 20.7. The SMILES string of the molecule is CN(C)C1=c2c(sc3c(=O)n(C4CCCCC4)cnc23)=NCC1[N+](=O)[O-]. The molecule has 1 aliphatic heterocycles. The third-order valence-corrected chi connectivity index (χ3v) is 6.39. The molecule has 4 rings (SSSR count). The third-order valence-electron chi connectivity index (χ3n) is 5.29. The summed E-state index contributed by atoms with van der Waals surface area (Å²) in [5.41, 5.74) is 1.07. The smallest absolute Gasteiger partial charge is 0.272 e. The number of likely N-dealkylation sites (N-methyl/N-ethyl adjacent to an activating group) is 1. The van der Waals surface area contributed by atoms with Crippen molar-refractivity contribution in [1.82, 2.24) is 14.5 Å². The summed E-state index contributed by atoms with van der Waals surface area (Å²) in [7, 11) is 3.57. The highest BCUT2D eigenvalue weighted by molar-refractivity contribution is 7.16. The Bertz CT molecular complexity index is 1050. The molecule has 2 aromatic heterocycles. The van der Waals surface area contributed by atoms with E-state index >= 15 is 0 Å². The van der Waals surface area contributed by atoms with Crippen LogP contribution in [0.1, 0.15) is 38.1 Å². The first kappa shape index (κ1) is 17.1. The highest BCUT2D eigenvalue weighted by atomic mass is 32.1. The molecule has 9 heteroatoms. The Balaban J connectivity index is 1.99. The highest BCUT2D eigenvalue weighted by Crippen LogP contribution is 2.27. The molecule has 0 N–H and O–H groups in total. The molecule has 138 valence electrons. The Hall–Kier alpha value is -2.29. The van der Waals surface area contributed by atoms with Crippen molar-refractivity contribution in [3.63, 3.8) is 0 Å². The molecule has 1 unspecified atom stereocenters. The van der Waals surface area contributed by atoms with E-state index in [2.05, 4.69) is 9.98 Å². The number of aromatic nitrogens is 2. The van der Waals surface area contributed by atoms with Crippen molar-refractivity contribution in [3.8, 4) is 0 Å². The molecule has 1 atom stereocenters. The summed E-state index contributed by atoms with van der Waals surface area (Å²) in [6.45, 7) is 0.0944. The fourth-order valence-corrected chi connectivity index (χ4v) is 5.12. The van der Waals surface area contributed by atoms with Crippen LogP contribution in [0.5, 0.6) is 0 Å². The number of thiophene rings is 1. The van der Waals surface area contributed by atoms with Crippen LogP contribution in [0, 0.1) is 10.1 Å². The first-order valence-corrected chi connectivity index (χ1v) is 9.70. The van der Waals surface area contributed by atoms with Crippen LogP contribution in [0.2, 0.25) is 0 Å². The summed E-state index contributed by atoms with van der Waals surface area (Å²) in [6, 6.07) is -0.703. The molecule has 0 saturated heterocycles. The van der Waals surface area contributed by atoms with Gasteiger partial charge >= 0.3 is 0 Å². The zero-order valence-corrected chi connectivity index (χ0v) is 15.7. The second-order valence-electron chi connectivity index (χ2n) is 7.13. The van der Waals surface area contributed by atoms with Crippen LogP contribution in [0.3, 0.4) is 0 Å². The monoisotopic (exact) mass is 375 g/mol. The van der Waals surface area contributed by atoms with E-state index in [0.29, 0.717) is 25.8 Å². The molecule has 1 fully saturated rings. The van der Waals surface area contributed by atoms with Gasteiger partial charge in [0, 0.05) is 25.1 Å². The quantitative estimate of drug-likeness (QED) is 0.587. The molecule has 1 aliphatic carbocycles. The Morgan fingerprint density at radius 2 is 2.04 bits per heavy atom. The second-order valence-corrected chi connectivity index (χ2v) is 8.13. The molecule has 0 aromatic carbocycles. The minimum absolute atomic E-state index is 0.0488. The van der Waals surface area contributed by atoms with Crippen LogP contribution in [0.4, 0.5) is 0 Å². The molecule has 0 radical (unpaired) electrons. The van der Waals surface area contributed by atoms with Crippen LogP contribution in [-0.2, 0) is 0 Å². The van der Waals surface area contributed by atoms with E-state index in [1.54, 1.807) is 29.9 Å². The van der Waals surface area contributed by atoms with Gasteiger partial charge in [0.2, 0.25) is 0 Å². The van der Waals surface area contributed by atoms with Crippen molar-refractivity contribution in [2.75, 3.05) is 20.6 Å². The van der Waals surface area contributed by atoms with Crippen LogP contribution in [0.15, 0.2) is 16.1 Å². The molecule has 8 nitrogen and oxygen atoms in total. The molecule has 0 spiro atoms. The van der Waals surface area contributed by atoms with Crippen LogP contribution < -0.4 is 15.4 Å². The summed E-state index contributed by atoms with van der Waals surface area (Å²) in [4.78, 5) is 34.9. The number of rotatable bonds is 3. The average molecular weight is 375 g/mol. The molecule has 26 heavy (non-hydrogen) atoms. The maximum atomic E-state index is 13.1. The van der Waals surface area contributed by atoms with Crippen molar-refractivity contribution < 1.29 is 4.92 Å².